The maximum absolute atomic E-state index is 11.3. The molecule has 2 aromatic carbocycles. The number of aromatic nitrogens is 3. The highest BCUT2D eigenvalue weighted by Crippen LogP contribution is 2.22. The minimum atomic E-state index is -0.685. The first-order chi connectivity index (χ1) is 11.7. The summed E-state index contributed by atoms with van der Waals surface area (Å²) >= 11 is 0. The van der Waals surface area contributed by atoms with Gasteiger partial charge in [0, 0.05) is 0 Å². The molecule has 0 amide bonds. The van der Waals surface area contributed by atoms with E-state index in [1.165, 1.54) is 7.11 Å². The Morgan fingerprint density at radius 1 is 0.958 bits per heavy atom. The second kappa shape index (κ2) is 6.91. The van der Waals surface area contributed by atoms with Gasteiger partial charge in [-0.05, 0) is 43.3 Å². The Morgan fingerprint density at radius 2 is 1.62 bits per heavy atom. The number of fused-ring (bicyclic) bond motifs is 1. The van der Waals surface area contributed by atoms with Gasteiger partial charge in [-0.1, -0.05) is 17.2 Å². The topological polar surface area (TPSA) is 83.4 Å². The van der Waals surface area contributed by atoms with Crippen LogP contribution >= 0.6 is 0 Å². The molecule has 122 valence electrons. The molecule has 0 saturated carbocycles. The molecule has 7 nitrogen and oxygen atoms in total. The number of benzene rings is 2. The van der Waals surface area contributed by atoms with Crippen LogP contribution in [0, 0.1) is 0 Å². The Balaban J connectivity index is 1.70. The molecule has 0 aliphatic carbocycles. The van der Waals surface area contributed by atoms with Gasteiger partial charge in [0.15, 0.2) is 6.10 Å². The third kappa shape index (κ3) is 3.57. The number of ether oxygens (including phenoxy) is 3. The van der Waals surface area contributed by atoms with Crippen molar-refractivity contribution in [3.8, 4) is 17.5 Å². The fraction of sp³-hybridized carbons (Fsp3) is 0.176. The van der Waals surface area contributed by atoms with Gasteiger partial charge in [-0.25, -0.2) is 4.79 Å². The summed E-state index contributed by atoms with van der Waals surface area (Å²) in [5.41, 5.74) is 1.40. The summed E-state index contributed by atoms with van der Waals surface area (Å²) in [5.74, 6) is 0.619. The van der Waals surface area contributed by atoms with Gasteiger partial charge < -0.3 is 14.2 Å². The minimum absolute atomic E-state index is 0.158. The molecule has 0 bridgehead atoms. The number of esters is 1. The molecule has 0 fully saturated rings. The molecule has 1 heterocycles. The van der Waals surface area contributed by atoms with Crippen molar-refractivity contribution in [1.29, 1.82) is 0 Å². The fourth-order valence-electron chi connectivity index (χ4n) is 2.02. The molecule has 0 saturated heterocycles. The standard InChI is InChI=1S/C17H15N3O4/c1-11(16(21)22-2)23-12-7-9-13(10-8-12)24-17-18-14-5-3-4-6-15(14)19-20-17/h3-11H,1-2H3. The summed E-state index contributed by atoms with van der Waals surface area (Å²) in [6, 6.07) is 14.3. The van der Waals surface area contributed by atoms with E-state index in [2.05, 4.69) is 19.9 Å². The lowest BCUT2D eigenvalue weighted by Crippen LogP contribution is -2.24. The van der Waals surface area contributed by atoms with E-state index in [9.17, 15) is 4.79 Å². The smallest absolute Gasteiger partial charge is 0.346 e. The SMILES string of the molecule is COC(=O)C(C)Oc1ccc(Oc2nnc3ccccc3n2)cc1. The average Bonchev–Trinajstić information content (AvgIpc) is 2.62. The lowest BCUT2D eigenvalue weighted by atomic mass is 10.3. The van der Waals surface area contributed by atoms with Gasteiger partial charge in [0.1, 0.15) is 17.0 Å². The lowest BCUT2D eigenvalue weighted by molar-refractivity contribution is -0.147. The molecule has 1 aromatic heterocycles. The van der Waals surface area contributed by atoms with Gasteiger partial charge in [0.25, 0.3) is 0 Å². The second-order valence-electron chi connectivity index (χ2n) is 4.94. The third-order valence-electron chi connectivity index (χ3n) is 3.22. The van der Waals surface area contributed by atoms with Gasteiger partial charge in [0.05, 0.1) is 12.6 Å². The first-order valence-corrected chi connectivity index (χ1v) is 7.27. The van der Waals surface area contributed by atoms with Gasteiger partial charge in [-0.15, -0.1) is 5.10 Å². The fourth-order valence-corrected chi connectivity index (χ4v) is 2.02. The molecule has 1 unspecified atom stereocenters. The maximum Gasteiger partial charge on any atom is 0.346 e. The van der Waals surface area contributed by atoms with Crippen molar-refractivity contribution >= 4 is 17.0 Å². The number of hydrogen-bond donors (Lipinski definition) is 0. The molecule has 1 atom stereocenters. The van der Waals surface area contributed by atoms with Crippen molar-refractivity contribution in [3.05, 3.63) is 48.5 Å². The van der Waals surface area contributed by atoms with Gasteiger partial charge in [0.2, 0.25) is 0 Å². The van der Waals surface area contributed by atoms with Crippen LogP contribution in [0.2, 0.25) is 0 Å². The molecule has 3 aromatic rings. The first kappa shape index (κ1) is 15.7. The zero-order valence-electron chi connectivity index (χ0n) is 13.2. The number of nitrogens with zero attached hydrogens (tertiary/aromatic N) is 3. The molecule has 0 aliphatic heterocycles. The summed E-state index contributed by atoms with van der Waals surface area (Å²) < 4.78 is 15.6. The molecule has 0 N–H and O–H groups in total. The summed E-state index contributed by atoms with van der Waals surface area (Å²) in [6.45, 7) is 1.62. The first-order valence-electron chi connectivity index (χ1n) is 7.27. The van der Waals surface area contributed by atoms with Crippen LogP contribution in [0.1, 0.15) is 6.92 Å². The Bertz CT molecular complexity index is 852. The highest BCUT2D eigenvalue weighted by molar-refractivity contribution is 5.74. The predicted molar refractivity (Wildman–Crippen MR) is 86.0 cm³/mol. The molecular weight excluding hydrogens is 310 g/mol. The van der Waals surface area contributed by atoms with Gasteiger partial charge >= 0.3 is 12.0 Å². The van der Waals surface area contributed by atoms with Crippen LogP contribution in [0.4, 0.5) is 0 Å². The van der Waals surface area contributed by atoms with Crippen LogP contribution < -0.4 is 9.47 Å². The van der Waals surface area contributed by atoms with E-state index in [4.69, 9.17) is 9.47 Å². The molecular formula is C17H15N3O4. The van der Waals surface area contributed by atoms with Gasteiger partial charge in [-0.3, -0.25) is 0 Å². The Labute approximate surface area is 138 Å². The predicted octanol–water partition coefficient (Wildman–Crippen LogP) is 2.76. The summed E-state index contributed by atoms with van der Waals surface area (Å²) in [4.78, 5) is 15.6. The highest BCUT2D eigenvalue weighted by Gasteiger charge is 2.14. The quantitative estimate of drug-likeness (QED) is 0.667. The van der Waals surface area contributed by atoms with Crippen LogP contribution in [0.25, 0.3) is 11.0 Å². The largest absolute Gasteiger partial charge is 0.479 e. The van der Waals surface area contributed by atoms with Crippen LogP contribution in [-0.2, 0) is 9.53 Å². The van der Waals surface area contributed by atoms with Crippen LogP contribution in [0.3, 0.4) is 0 Å². The minimum Gasteiger partial charge on any atom is -0.479 e. The number of carbonyl (C=O) groups excluding carboxylic acids is 1. The number of hydrogen-bond acceptors (Lipinski definition) is 7. The van der Waals surface area contributed by atoms with Crippen molar-refractivity contribution in [2.45, 2.75) is 13.0 Å². The van der Waals surface area contributed by atoms with Crippen LogP contribution in [0.15, 0.2) is 48.5 Å². The number of para-hydroxylation sites is 1. The van der Waals surface area contributed by atoms with Gasteiger partial charge in [-0.2, -0.15) is 4.98 Å². The number of carbonyl (C=O) groups is 1. The molecule has 3 rings (SSSR count). The third-order valence-corrected chi connectivity index (χ3v) is 3.22. The summed E-state index contributed by atoms with van der Waals surface area (Å²) in [7, 11) is 1.32. The van der Waals surface area contributed by atoms with Crippen LogP contribution in [0.5, 0.6) is 17.5 Å². The summed E-state index contributed by atoms with van der Waals surface area (Å²) in [6.07, 6.45) is -0.685. The molecule has 24 heavy (non-hydrogen) atoms. The van der Waals surface area contributed by atoms with E-state index in [0.29, 0.717) is 22.5 Å². The second-order valence-corrected chi connectivity index (χ2v) is 4.94. The molecule has 0 spiro atoms. The normalized spacial score (nSPS) is 11.8. The summed E-state index contributed by atoms with van der Waals surface area (Å²) in [5, 5.41) is 7.98. The molecule has 0 aliphatic rings. The van der Waals surface area contributed by atoms with E-state index in [1.54, 1.807) is 31.2 Å². The van der Waals surface area contributed by atoms with E-state index < -0.39 is 12.1 Å². The van der Waals surface area contributed by atoms with E-state index in [-0.39, 0.29) is 6.01 Å². The highest BCUT2D eigenvalue weighted by atomic mass is 16.6. The van der Waals surface area contributed by atoms with E-state index >= 15 is 0 Å². The van der Waals surface area contributed by atoms with Crippen molar-refractivity contribution in [2.75, 3.05) is 7.11 Å². The Kier molecular flexibility index (Phi) is 4.51. The van der Waals surface area contributed by atoms with E-state index in [1.807, 2.05) is 24.3 Å². The van der Waals surface area contributed by atoms with E-state index in [0.717, 1.165) is 0 Å². The number of methoxy groups -OCH3 is 1. The zero-order chi connectivity index (χ0) is 16.9. The molecule has 7 heteroatoms. The lowest BCUT2D eigenvalue weighted by Gasteiger charge is -2.12. The monoisotopic (exact) mass is 325 g/mol. The van der Waals surface area contributed by atoms with Crippen molar-refractivity contribution in [2.24, 2.45) is 0 Å². The zero-order valence-corrected chi connectivity index (χ0v) is 13.2. The van der Waals surface area contributed by atoms with Crippen molar-refractivity contribution in [1.82, 2.24) is 15.2 Å². The molecule has 0 radical (unpaired) electrons. The number of rotatable bonds is 5. The van der Waals surface area contributed by atoms with Crippen molar-refractivity contribution < 1.29 is 19.0 Å². The van der Waals surface area contributed by atoms with Crippen molar-refractivity contribution in [3.63, 3.8) is 0 Å². The Hall–Kier alpha value is -3.22. The Morgan fingerprint density at radius 3 is 2.33 bits per heavy atom. The maximum atomic E-state index is 11.3. The average molecular weight is 325 g/mol. The van der Waals surface area contributed by atoms with Crippen LogP contribution in [-0.4, -0.2) is 34.4 Å².